The summed E-state index contributed by atoms with van der Waals surface area (Å²) in [6.07, 6.45) is 11.0. The molecule has 2 fully saturated rings. The summed E-state index contributed by atoms with van der Waals surface area (Å²) in [7, 11) is 0. The van der Waals surface area contributed by atoms with Crippen molar-refractivity contribution in [3.63, 3.8) is 0 Å². The highest BCUT2D eigenvalue weighted by atomic mass is 32.1. The van der Waals surface area contributed by atoms with Gasteiger partial charge in [-0.25, -0.2) is 9.88 Å². The molecule has 0 aliphatic heterocycles. The second-order valence-electron chi connectivity index (χ2n) is 6.85. The van der Waals surface area contributed by atoms with Crippen LogP contribution in [0, 0.1) is 23.8 Å². The largest absolute Gasteiger partial charge is 0.347 e. The van der Waals surface area contributed by atoms with Gasteiger partial charge in [0.1, 0.15) is 5.69 Å². The Hall–Kier alpha value is -1.98. The van der Waals surface area contributed by atoms with Crippen molar-refractivity contribution in [3.8, 4) is 6.19 Å². The zero-order valence-corrected chi connectivity index (χ0v) is 15.6. The number of nitrogens with one attached hydrogen (secondary N) is 1. The number of hydrogen-bond donors (Lipinski definition) is 1. The van der Waals surface area contributed by atoms with Gasteiger partial charge >= 0.3 is 0 Å². The van der Waals surface area contributed by atoms with Gasteiger partial charge in [-0.05, 0) is 49.6 Å². The van der Waals surface area contributed by atoms with E-state index in [0.717, 1.165) is 11.3 Å². The fourth-order valence-electron chi connectivity index (χ4n) is 4.04. The van der Waals surface area contributed by atoms with Crippen molar-refractivity contribution in [1.82, 2.24) is 14.7 Å². The molecular weight excluding hydrogens is 354 g/mol. The summed E-state index contributed by atoms with van der Waals surface area (Å²) in [5.74, 6) is -0.114. The number of aromatic nitrogens is 2. The lowest BCUT2D eigenvalue weighted by molar-refractivity contribution is 0.0579. The van der Waals surface area contributed by atoms with E-state index in [1.807, 2.05) is 6.92 Å². The zero-order chi connectivity index (χ0) is 17.4. The molecular formula is C17H19N5OS2. The summed E-state index contributed by atoms with van der Waals surface area (Å²) in [6.45, 7) is 1.88. The van der Waals surface area contributed by atoms with Gasteiger partial charge < -0.3 is 5.32 Å². The highest BCUT2D eigenvalue weighted by Gasteiger charge is 2.48. The lowest BCUT2D eigenvalue weighted by atomic mass is 9.63. The Kier molecular flexibility index (Phi) is 4.21. The van der Waals surface area contributed by atoms with Crippen molar-refractivity contribution in [2.45, 2.75) is 51.5 Å². The predicted molar refractivity (Wildman–Crippen MR) is 98.1 cm³/mol. The van der Waals surface area contributed by atoms with Crippen LogP contribution in [0.2, 0.25) is 0 Å². The van der Waals surface area contributed by atoms with Crippen molar-refractivity contribution in [3.05, 3.63) is 22.1 Å². The summed E-state index contributed by atoms with van der Waals surface area (Å²) in [6, 6.07) is 0.278. The normalized spacial score (nSPS) is 20.9. The Morgan fingerprint density at radius 1 is 1.44 bits per heavy atom. The molecule has 8 heteroatoms. The van der Waals surface area contributed by atoms with Crippen molar-refractivity contribution in [2.75, 3.05) is 4.90 Å². The zero-order valence-electron chi connectivity index (χ0n) is 14.0. The van der Waals surface area contributed by atoms with E-state index < -0.39 is 0 Å². The first kappa shape index (κ1) is 16.5. The minimum atomic E-state index is -0.114. The number of carbonyl (C=O) groups excluding carboxylic acids is 1. The number of nitrogens with zero attached hydrogens (tertiary/aromatic N) is 4. The molecule has 1 unspecified atom stereocenters. The van der Waals surface area contributed by atoms with Crippen LogP contribution in [0.4, 0.5) is 10.8 Å². The number of carbonyl (C=O) groups is 1. The molecule has 2 saturated carbocycles. The summed E-state index contributed by atoms with van der Waals surface area (Å²) in [5, 5.41) is 14.9. The maximum Gasteiger partial charge on any atom is 0.271 e. The van der Waals surface area contributed by atoms with Gasteiger partial charge in [0.25, 0.3) is 5.91 Å². The standard InChI is InChI=1S/C17H19N5OS2/c1-11-14(15(23)20-13-4-7-17(13)5-2-3-6-17)21-16(25-11)22(10-18)12-8-19-24-9-12/h8-9,13H,2-7H2,1H3,(H,20,23). The topological polar surface area (TPSA) is 81.9 Å². The van der Waals surface area contributed by atoms with E-state index in [0.29, 0.717) is 21.9 Å². The number of nitriles is 1. The molecule has 2 heterocycles. The van der Waals surface area contributed by atoms with Crippen LogP contribution in [-0.4, -0.2) is 21.3 Å². The van der Waals surface area contributed by atoms with E-state index in [2.05, 4.69) is 20.9 Å². The number of amides is 1. The van der Waals surface area contributed by atoms with E-state index in [1.54, 1.807) is 11.6 Å². The lowest BCUT2D eigenvalue weighted by Crippen LogP contribution is -2.54. The van der Waals surface area contributed by atoms with Crippen LogP contribution in [0.15, 0.2) is 11.6 Å². The molecule has 2 aromatic heterocycles. The molecule has 4 rings (SSSR count). The third-order valence-electron chi connectivity index (χ3n) is 5.54. The summed E-state index contributed by atoms with van der Waals surface area (Å²) >= 11 is 2.64. The van der Waals surface area contributed by atoms with Crippen molar-refractivity contribution in [1.29, 1.82) is 5.26 Å². The van der Waals surface area contributed by atoms with Gasteiger partial charge in [0.2, 0.25) is 5.13 Å². The van der Waals surface area contributed by atoms with E-state index in [4.69, 9.17) is 0 Å². The van der Waals surface area contributed by atoms with Crippen molar-refractivity contribution in [2.24, 2.45) is 5.41 Å². The fraction of sp³-hybridized carbons (Fsp3) is 0.529. The van der Waals surface area contributed by atoms with Crippen LogP contribution in [0.3, 0.4) is 0 Å². The summed E-state index contributed by atoms with van der Waals surface area (Å²) < 4.78 is 4.03. The first-order valence-corrected chi connectivity index (χ1v) is 10.2. The van der Waals surface area contributed by atoms with Gasteiger partial charge in [-0.2, -0.15) is 9.64 Å². The predicted octanol–water partition coefficient (Wildman–Crippen LogP) is 3.98. The monoisotopic (exact) mass is 373 g/mol. The number of thiazole rings is 1. The molecule has 1 atom stereocenters. The Morgan fingerprint density at radius 2 is 2.24 bits per heavy atom. The average Bonchev–Trinajstić information content (AvgIpc) is 3.33. The molecule has 1 N–H and O–H groups in total. The molecule has 0 radical (unpaired) electrons. The second-order valence-corrected chi connectivity index (χ2v) is 8.69. The Morgan fingerprint density at radius 3 is 2.84 bits per heavy atom. The third-order valence-corrected chi connectivity index (χ3v) is 7.07. The third kappa shape index (κ3) is 2.81. The molecule has 0 aromatic carbocycles. The Balaban J connectivity index is 1.52. The van der Waals surface area contributed by atoms with Crippen molar-refractivity contribution >= 4 is 39.6 Å². The van der Waals surface area contributed by atoms with Gasteiger partial charge in [0, 0.05) is 16.3 Å². The number of aryl methyl sites for hydroxylation is 1. The van der Waals surface area contributed by atoms with E-state index in [-0.39, 0.29) is 11.9 Å². The smallest absolute Gasteiger partial charge is 0.271 e. The molecule has 1 spiro atoms. The minimum absolute atomic E-state index is 0.114. The molecule has 6 nitrogen and oxygen atoms in total. The molecule has 0 saturated heterocycles. The van der Waals surface area contributed by atoms with E-state index in [1.165, 1.54) is 59.9 Å². The van der Waals surface area contributed by atoms with Gasteiger partial charge in [-0.1, -0.05) is 12.8 Å². The SMILES string of the molecule is Cc1sc(N(C#N)c2cnsc2)nc1C(=O)NC1CCC12CCCC2. The molecule has 0 bridgehead atoms. The lowest BCUT2D eigenvalue weighted by Gasteiger charge is -2.47. The molecule has 2 aliphatic rings. The molecule has 2 aromatic rings. The first-order valence-electron chi connectivity index (χ1n) is 8.50. The van der Waals surface area contributed by atoms with Crippen LogP contribution >= 0.6 is 22.9 Å². The highest BCUT2D eigenvalue weighted by molar-refractivity contribution is 7.16. The number of hydrogen-bond acceptors (Lipinski definition) is 7. The van der Waals surface area contributed by atoms with Crippen LogP contribution < -0.4 is 10.2 Å². The molecule has 1 amide bonds. The molecule has 25 heavy (non-hydrogen) atoms. The van der Waals surface area contributed by atoms with Crippen LogP contribution in [0.25, 0.3) is 0 Å². The molecule has 2 aliphatic carbocycles. The average molecular weight is 374 g/mol. The van der Waals surface area contributed by atoms with Crippen LogP contribution in [-0.2, 0) is 0 Å². The van der Waals surface area contributed by atoms with Crippen molar-refractivity contribution < 1.29 is 4.79 Å². The highest BCUT2D eigenvalue weighted by Crippen LogP contribution is 2.53. The second kappa shape index (κ2) is 6.39. The van der Waals surface area contributed by atoms with E-state index in [9.17, 15) is 10.1 Å². The minimum Gasteiger partial charge on any atom is -0.347 e. The van der Waals surface area contributed by atoms with Crippen LogP contribution in [0.5, 0.6) is 0 Å². The van der Waals surface area contributed by atoms with Gasteiger partial charge in [0.05, 0.1) is 11.9 Å². The summed E-state index contributed by atoms with van der Waals surface area (Å²) in [4.78, 5) is 19.4. The number of rotatable bonds is 4. The van der Waals surface area contributed by atoms with Gasteiger partial charge in [-0.15, -0.1) is 11.3 Å². The fourth-order valence-corrected chi connectivity index (χ4v) is 5.42. The van der Waals surface area contributed by atoms with Crippen LogP contribution in [0.1, 0.15) is 53.9 Å². The Bertz CT molecular complexity index is 817. The Labute approximate surface area is 154 Å². The van der Waals surface area contributed by atoms with E-state index >= 15 is 0 Å². The van der Waals surface area contributed by atoms with Gasteiger partial charge in [0.15, 0.2) is 6.19 Å². The maximum absolute atomic E-state index is 12.7. The quantitative estimate of drug-likeness (QED) is 0.647. The van der Waals surface area contributed by atoms with Gasteiger partial charge in [-0.3, -0.25) is 4.79 Å². The number of anilines is 2. The first-order chi connectivity index (χ1) is 12.1. The summed E-state index contributed by atoms with van der Waals surface area (Å²) in [5.41, 5.74) is 1.45. The maximum atomic E-state index is 12.7. The molecule has 130 valence electrons.